The van der Waals surface area contributed by atoms with Crippen LogP contribution < -0.4 is 4.43 Å². The van der Waals surface area contributed by atoms with E-state index in [1.165, 1.54) is 5.56 Å². The molecule has 1 aromatic rings. The van der Waals surface area contributed by atoms with Crippen LogP contribution in [0.4, 0.5) is 0 Å². The van der Waals surface area contributed by atoms with Crippen LogP contribution in [0.2, 0.25) is 18.1 Å². The summed E-state index contributed by atoms with van der Waals surface area (Å²) in [6.45, 7) is 15.8. The van der Waals surface area contributed by atoms with Crippen LogP contribution in [0.3, 0.4) is 0 Å². The van der Waals surface area contributed by atoms with E-state index in [0.29, 0.717) is 5.92 Å². The maximum Gasteiger partial charge on any atom is 0.250 e. The van der Waals surface area contributed by atoms with Crippen LogP contribution in [0, 0.1) is 0 Å². The van der Waals surface area contributed by atoms with Gasteiger partial charge in [-0.2, -0.15) is 0 Å². The van der Waals surface area contributed by atoms with E-state index in [0.717, 1.165) is 10.2 Å². The Morgan fingerprint density at radius 3 is 2.17 bits per heavy atom. The second kappa shape index (κ2) is 5.38. The van der Waals surface area contributed by atoms with Gasteiger partial charge in [0.15, 0.2) is 0 Å². The summed E-state index contributed by atoms with van der Waals surface area (Å²) < 4.78 is 7.55. The third-order valence-corrected chi connectivity index (χ3v) is 8.60. The molecule has 0 saturated carbocycles. The molecule has 0 spiro atoms. The molecular weight excluding hydrogens is 304 g/mol. The third-order valence-electron chi connectivity index (χ3n) is 3.77. The molecule has 0 aliphatic carbocycles. The first-order valence-electron chi connectivity index (χ1n) is 6.53. The summed E-state index contributed by atoms with van der Waals surface area (Å²) in [6.07, 6.45) is 0. The molecule has 0 N–H and O–H groups in total. The summed E-state index contributed by atoms with van der Waals surface area (Å²) in [4.78, 5) is 0. The van der Waals surface area contributed by atoms with Crippen LogP contribution >= 0.6 is 15.9 Å². The lowest BCUT2D eigenvalue weighted by Crippen LogP contribution is -2.44. The smallest absolute Gasteiger partial charge is 0.250 e. The Kier molecular flexibility index (Phi) is 4.71. The van der Waals surface area contributed by atoms with Crippen molar-refractivity contribution in [2.45, 2.75) is 58.7 Å². The van der Waals surface area contributed by atoms with E-state index < -0.39 is 8.32 Å². The van der Waals surface area contributed by atoms with Gasteiger partial charge in [0.1, 0.15) is 5.75 Å². The van der Waals surface area contributed by atoms with E-state index in [4.69, 9.17) is 4.43 Å². The van der Waals surface area contributed by atoms with Crippen molar-refractivity contribution < 1.29 is 4.43 Å². The molecule has 0 radical (unpaired) electrons. The molecule has 1 aromatic carbocycles. The van der Waals surface area contributed by atoms with Crippen LogP contribution in [0.1, 0.15) is 46.1 Å². The first-order valence-corrected chi connectivity index (χ1v) is 10.2. The van der Waals surface area contributed by atoms with Gasteiger partial charge in [-0.25, -0.2) is 0 Å². The number of rotatable bonds is 3. The molecule has 0 bridgehead atoms. The fourth-order valence-corrected chi connectivity index (χ4v) is 2.91. The Morgan fingerprint density at radius 1 is 1.17 bits per heavy atom. The summed E-state index contributed by atoms with van der Waals surface area (Å²) >= 11 is 3.54. The monoisotopic (exact) mass is 328 g/mol. The van der Waals surface area contributed by atoms with Gasteiger partial charge >= 0.3 is 0 Å². The van der Waals surface area contributed by atoms with Crippen LogP contribution in [0.15, 0.2) is 22.7 Å². The number of hydrogen-bond acceptors (Lipinski definition) is 1. The van der Waals surface area contributed by atoms with Crippen LogP contribution in [-0.2, 0) is 0 Å². The molecule has 0 amide bonds. The van der Waals surface area contributed by atoms with Gasteiger partial charge in [0.2, 0.25) is 8.32 Å². The van der Waals surface area contributed by atoms with Crippen molar-refractivity contribution in [1.82, 2.24) is 0 Å². The maximum absolute atomic E-state index is 6.43. The molecular formula is C15H25BrOSi. The Bertz CT molecular complexity index is 419. The molecule has 18 heavy (non-hydrogen) atoms. The highest BCUT2D eigenvalue weighted by molar-refractivity contribution is 9.10. The predicted octanol–water partition coefficient (Wildman–Crippen LogP) is 5.96. The summed E-state index contributed by atoms with van der Waals surface area (Å²) in [5, 5.41) is 0.230. The average molecular weight is 329 g/mol. The molecule has 0 aromatic heterocycles. The summed E-state index contributed by atoms with van der Waals surface area (Å²) in [5.74, 6) is 1.53. The van der Waals surface area contributed by atoms with E-state index in [2.05, 4.69) is 81.8 Å². The van der Waals surface area contributed by atoms with E-state index >= 15 is 0 Å². The highest BCUT2D eigenvalue weighted by Crippen LogP contribution is 2.39. The van der Waals surface area contributed by atoms with E-state index in [1.807, 2.05) is 0 Å². The largest absolute Gasteiger partial charge is 0.543 e. The van der Waals surface area contributed by atoms with Crippen molar-refractivity contribution in [3.63, 3.8) is 0 Å². The fourth-order valence-electron chi connectivity index (χ4n) is 1.49. The second-order valence-corrected chi connectivity index (χ2v) is 12.3. The molecule has 102 valence electrons. The minimum absolute atomic E-state index is 0.230. The third kappa shape index (κ3) is 3.61. The van der Waals surface area contributed by atoms with Gasteiger partial charge in [-0.1, -0.05) is 50.5 Å². The minimum atomic E-state index is -1.76. The summed E-state index contributed by atoms with van der Waals surface area (Å²) in [6, 6.07) is 6.33. The molecule has 0 atom stereocenters. The Morgan fingerprint density at radius 2 is 1.72 bits per heavy atom. The fraction of sp³-hybridized carbons (Fsp3) is 0.600. The molecule has 0 aliphatic rings. The van der Waals surface area contributed by atoms with Crippen molar-refractivity contribution in [2.24, 2.45) is 0 Å². The number of hydrogen-bond donors (Lipinski definition) is 0. The van der Waals surface area contributed by atoms with Gasteiger partial charge < -0.3 is 4.43 Å². The SMILES string of the molecule is CC(C)c1cc(Br)ccc1O[Si](C)(C)C(C)(C)C. The Labute approximate surface area is 121 Å². The zero-order valence-electron chi connectivity index (χ0n) is 12.6. The standard InChI is InChI=1S/C15H25BrOSi/c1-11(2)13-10-12(16)8-9-14(13)17-18(6,7)15(3,4)5/h8-11H,1-7H3. The van der Waals surface area contributed by atoms with Gasteiger partial charge in [-0.3, -0.25) is 0 Å². The Balaban J connectivity index is 3.12. The zero-order valence-corrected chi connectivity index (χ0v) is 15.2. The van der Waals surface area contributed by atoms with Crippen molar-refractivity contribution in [3.8, 4) is 5.75 Å². The van der Waals surface area contributed by atoms with Crippen LogP contribution in [0.25, 0.3) is 0 Å². The van der Waals surface area contributed by atoms with Crippen LogP contribution in [0.5, 0.6) is 5.75 Å². The van der Waals surface area contributed by atoms with Crippen molar-refractivity contribution >= 4 is 24.2 Å². The van der Waals surface area contributed by atoms with E-state index in [9.17, 15) is 0 Å². The molecule has 0 saturated heterocycles. The first kappa shape index (κ1) is 15.8. The normalized spacial score (nSPS) is 12.9. The number of halogens is 1. The highest BCUT2D eigenvalue weighted by Gasteiger charge is 2.39. The van der Waals surface area contributed by atoms with Gasteiger partial charge in [0, 0.05) is 4.47 Å². The zero-order chi connectivity index (χ0) is 14.1. The van der Waals surface area contributed by atoms with Crippen molar-refractivity contribution in [2.75, 3.05) is 0 Å². The second-order valence-electron chi connectivity index (χ2n) is 6.70. The van der Waals surface area contributed by atoms with Crippen LogP contribution in [-0.4, -0.2) is 8.32 Å². The van der Waals surface area contributed by atoms with Gasteiger partial charge in [-0.15, -0.1) is 0 Å². The quantitative estimate of drug-likeness (QED) is 0.622. The highest BCUT2D eigenvalue weighted by atomic mass is 79.9. The molecule has 0 fully saturated rings. The molecule has 1 nitrogen and oxygen atoms in total. The van der Waals surface area contributed by atoms with E-state index in [1.54, 1.807) is 0 Å². The van der Waals surface area contributed by atoms with Crippen molar-refractivity contribution in [1.29, 1.82) is 0 Å². The summed E-state index contributed by atoms with van der Waals surface area (Å²) in [7, 11) is -1.76. The summed E-state index contributed by atoms with van der Waals surface area (Å²) in [5.41, 5.74) is 1.29. The number of benzene rings is 1. The molecule has 0 heterocycles. The van der Waals surface area contributed by atoms with E-state index in [-0.39, 0.29) is 5.04 Å². The van der Waals surface area contributed by atoms with Crippen molar-refractivity contribution in [3.05, 3.63) is 28.2 Å². The molecule has 0 unspecified atom stereocenters. The molecule has 0 aliphatic heterocycles. The van der Waals surface area contributed by atoms with Gasteiger partial charge in [-0.05, 0) is 47.8 Å². The lowest BCUT2D eigenvalue weighted by atomic mass is 10.0. The lowest BCUT2D eigenvalue weighted by Gasteiger charge is -2.37. The predicted molar refractivity (Wildman–Crippen MR) is 86.1 cm³/mol. The van der Waals surface area contributed by atoms with Gasteiger partial charge in [0.05, 0.1) is 0 Å². The minimum Gasteiger partial charge on any atom is -0.543 e. The molecule has 3 heteroatoms. The first-order chi connectivity index (χ1) is 8.04. The maximum atomic E-state index is 6.43. The van der Waals surface area contributed by atoms with Gasteiger partial charge in [0.25, 0.3) is 0 Å². The average Bonchev–Trinajstić information content (AvgIpc) is 2.18. The molecule has 1 rings (SSSR count). The lowest BCUT2D eigenvalue weighted by molar-refractivity contribution is 0.484. The topological polar surface area (TPSA) is 9.23 Å². The Hall–Kier alpha value is -0.283.